The predicted octanol–water partition coefficient (Wildman–Crippen LogP) is 1.57. The molecule has 0 aromatic carbocycles. The fraction of sp³-hybridized carbons (Fsp3) is 0.667. The van der Waals surface area contributed by atoms with Crippen molar-refractivity contribution in [2.45, 2.75) is 45.7 Å². The van der Waals surface area contributed by atoms with Crippen LogP contribution in [0.5, 0.6) is 0 Å². The number of thiazole rings is 1. The Morgan fingerprint density at radius 2 is 2.18 bits per heavy atom. The van der Waals surface area contributed by atoms with Crippen molar-refractivity contribution >= 4 is 23.3 Å². The molecule has 2 N–H and O–H groups in total. The standard InChI is InChI=1S/C15H22N4O2S/c1-9-12(22-10(2)16-9)8-19-6-4-5-11(7-19)15(3)13(20)17-14(21)18-15/h11H,4-8H2,1-3H3,(H2,17,18,20,21)/t11-,15-/m1/s1. The van der Waals surface area contributed by atoms with Crippen molar-refractivity contribution in [3.63, 3.8) is 0 Å². The van der Waals surface area contributed by atoms with Crippen LogP contribution in [0.1, 0.15) is 35.3 Å². The van der Waals surface area contributed by atoms with Crippen LogP contribution in [0.4, 0.5) is 4.79 Å². The molecule has 2 atom stereocenters. The van der Waals surface area contributed by atoms with Gasteiger partial charge >= 0.3 is 6.03 Å². The van der Waals surface area contributed by atoms with Crippen LogP contribution >= 0.6 is 11.3 Å². The average Bonchev–Trinajstić information content (AvgIpc) is 2.90. The smallest absolute Gasteiger partial charge is 0.322 e. The Hall–Kier alpha value is -1.47. The summed E-state index contributed by atoms with van der Waals surface area (Å²) in [6, 6.07) is -0.376. The van der Waals surface area contributed by atoms with Crippen molar-refractivity contribution < 1.29 is 9.59 Å². The van der Waals surface area contributed by atoms with E-state index in [2.05, 4.69) is 20.5 Å². The van der Waals surface area contributed by atoms with Gasteiger partial charge in [-0.05, 0) is 40.2 Å². The minimum Gasteiger partial charge on any atom is -0.323 e. The molecule has 0 spiro atoms. The molecule has 2 fully saturated rings. The first kappa shape index (κ1) is 15.4. The predicted molar refractivity (Wildman–Crippen MR) is 84.7 cm³/mol. The van der Waals surface area contributed by atoms with Gasteiger partial charge in [0.05, 0.1) is 10.7 Å². The normalized spacial score (nSPS) is 29.5. The maximum Gasteiger partial charge on any atom is 0.322 e. The fourth-order valence-corrected chi connectivity index (χ4v) is 4.42. The molecule has 0 aliphatic carbocycles. The molecule has 0 radical (unpaired) electrons. The number of hydrogen-bond donors (Lipinski definition) is 2. The Kier molecular flexibility index (Phi) is 3.94. The van der Waals surface area contributed by atoms with E-state index in [1.54, 1.807) is 11.3 Å². The van der Waals surface area contributed by atoms with E-state index in [4.69, 9.17) is 0 Å². The number of piperidine rings is 1. The fourth-order valence-electron chi connectivity index (χ4n) is 3.44. The van der Waals surface area contributed by atoms with Crippen LogP contribution in [-0.2, 0) is 11.3 Å². The van der Waals surface area contributed by atoms with Gasteiger partial charge in [-0.25, -0.2) is 9.78 Å². The van der Waals surface area contributed by atoms with Crippen molar-refractivity contribution in [2.75, 3.05) is 13.1 Å². The van der Waals surface area contributed by atoms with Gasteiger partial charge in [-0.2, -0.15) is 0 Å². The first-order valence-corrected chi connectivity index (χ1v) is 8.49. The van der Waals surface area contributed by atoms with E-state index in [0.717, 1.165) is 43.2 Å². The van der Waals surface area contributed by atoms with E-state index in [9.17, 15) is 9.59 Å². The second-order valence-electron chi connectivity index (χ2n) is 6.43. The Balaban J connectivity index is 1.70. The van der Waals surface area contributed by atoms with Crippen LogP contribution < -0.4 is 10.6 Å². The van der Waals surface area contributed by atoms with Gasteiger partial charge in [-0.3, -0.25) is 15.0 Å². The van der Waals surface area contributed by atoms with Crippen molar-refractivity contribution in [1.82, 2.24) is 20.5 Å². The molecule has 2 aliphatic heterocycles. The number of nitrogens with one attached hydrogen (secondary N) is 2. The third-order valence-corrected chi connectivity index (χ3v) is 5.82. The van der Waals surface area contributed by atoms with Crippen LogP contribution in [0.2, 0.25) is 0 Å². The second-order valence-corrected chi connectivity index (χ2v) is 7.71. The van der Waals surface area contributed by atoms with E-state index in [-0.39, 0.29) is 17.9 Å². The summed E-state index contributed by atoms with van der Waals surface area (Å²) in [6.07, 6.45) is 2.00. The molecule has 120 valence electrons. The molecule has 1 aromatic heterocycles. The number of likely N-dealkylation sites (tertiary alicyclic amines) is 1. The highest BCUT2D eigenvalue weighted by molar-refractivity contribution is 7.11. The van der Waals surface area contributed by atoms with Crippen molar-refractivity contribution in [2.24, 2.45) is 5.92 Å². The van der Waals surface area contributed by atoms with Crippen LogP contribution in [0.15, 0.2) is 0 Å². The first-order valence-electron chi connectivity index (χ1n) is 7.67. The number of urea groups is 1. The highest BCUT2D eigenvalue weighted by Gasteiger charge is 2.48. The quantitative estimate of drug-likeness (QED) is 0.829. The molecule has 3 rings (SSSR count). The largest absolute Gasteiger partial charge is 0.323 e. The summed E-state index contributed by atoms with van der Waals surface area (Å²) >= 11 is 1.74. The number of carbonyl (C=O) groups is 2. The molecule has 2 saturated heterocycles. The number of aromatic nitrogens is 1. The molecule has 1 aromatic rings. The maximum absolute atomic E-state index is 12.1. The zero-order chi connectivity index (χ0) is 15.9. The third-order valence-electron chi connectivity index (χ3n) is 4.76. The van der Waals surface area contributed by atoms with Gasteiger partial charge in [0, 0.05) is 23.9 Å². The number of rotatable bonds is 3. The van der Waals surface area contributed by atoms with E-state index in [1.165, 1.54) is 4.88 Å². The number of amides is 3. The van der Waals surface area contributed by atoms with Crippen molar-refractivity contribution in [1.29, 1.82) is 0 Å². The molecule has 7 heteroatoms. The lowest BCUT2D eigenvalue weighted by atomic mass is 9.80. The third kappa shape index (κ3) is 2.75. The molecule has 2 aliphatic rings. The minimum absolute atomic E-state index is 0.141. The monoisotopic (exact) mass is 322 g/mol. The summed E-state index contributed by atoms with van der Waals surface area (Å²) in [4.78, 5) is 31.7. The Labute approximate surface area is 134 Å². The Morgan fingerprint density at radius 1 is 1.41 bits per heavy atom. The van der Waals surface area contributed by atoms with Crippen molar-refractivity contribution in [3.05, 3.63) is 15.6 Å². The Morgan fingerprint density at radius 3 is 2.77 bits per heavy atom. The molecule has 0 bridgehead atoms. The number of aryl methyl sites for hydroxylation is 2. The summed E-state index contributed by atoms with van der Waals surface area (Å²) in [5.74, 6) is -0.0591. The highest BCUT2D eigenvalue weighted by atomic mass is 32.1. The summed E-state index contributed by atoms with van der Waals surface area (Å²) in [7, 11) is 0. The highest BCUT2D eigenvalue weighted by Crippen LogP contribution is 2.31. The van der Waals surface area contributed by atoms with E-state index >= 15 is 0 Å². The van der Waals surface area contributed by atoms with E-state index in [0.29, 0.717) is 0 Å². The van der Waals surface area contributed by atoms with Gasteiger partial charge in [0.25, 0.3) is 5.91 Å². The SMILES string of the molecule is Cc1nc(C)c(CN2CCC[C@@H]([C@@]3(C)NC(=O)NC3=O)C2)s1. The van der Waals surface area contributed by atoms with E-state index < -0.39 is 5.54 Å². The number of hydrogen-bond acceptors (Lipinski definition) is 5. The van der Waals surface area contributed by atoms with Gasteiger partial charge < -0.3 is 5.32 Å². The van der Waals surface area contributed by atoms with Crippen LogP contribution in [0, 0.1) is 19.8 Å². The van der Waals surface area contributed by atoms with E-state index in [1.807, 2.05) is 20.8 Å². The zero-order valence-corrected chi connectivity index (χ0v) is 14.0. The molecular formula is C15H22N4O2S. The van der Waals surface area contributed by atoms with Crippen LogP contribution in [0.25, 0.3) is 0 Å². The average molecular weight is 322 g/mol. The maximum atomic E-state index is 12.1. The van der Waals surface area contributed by atoms with Crippen LogP contribution in [0.3, 0.4) is 0 Å². The second kappa shape index (κ2) is 5.62. The van der Waals surface area contributed by atoms with Gasteiger partial charge in [-0.1, -0.05) is 0 Å². The van der Waals surface area contributed by atoms with Crippen LogP contribution in [-0.4, -0.2) is 40.5 Å². The van der Waals surface area contributed by atoms with Gasteiger partial charge in [0.15, 0.2) is 0 Å². The summed E-state index contributed by atoms with van der Waals surface area (Å²) in [5, 5.41) is 6.27. The van der Waals surface area contributed by atoms with Gasteiger partial charge in [0.1, 0.15) is 5.54 Å². The molecule has 3 heterocycles. The topological polar surface area (TPSA) is 74.3 Å². The van der Waals surface area contributed by atoms with Gasteiger partial charge in [0.2, 0.25) is 0 Å². The summed E-state index contributed by atoms with van der Waals surface area (Å²) in [5.41, 5.74) is 0.316. The minimum atomic E-state index is -0.783. The lowest BCUT2D eigenvalue weighted by Gasteiger charge is -2.39. The molecule has 22 heavy (non-hydrogen) atoms. The van der Waals surface area contributed by atoms with Gasteiger partial charge in [-0.15, -0.1) is 11.3 Å². The number of carbonyl (C=O) groups excluding carboxylic acids is 2. The first-order chi connectivity index (χ1) is 10.4. The summed E-state index contributed by atoms with van der Waals surface area (Å²) in [6.45, 7) is 8.63. The molecular weight excluding hydrogens is 300 g/mol. The lowest BCUT2D eigenvalue weighted by molar-refractivity contribution is -0.126. The molecule has 0 unspecified atom stereocenters. The summed E-state index contributed by atoms with van der Waals surface area (Å²) < 4.78 is 0. The zero-order valence-electron chi connectivity index (χ0n) is 13.2. The van der Waals surface area contributed by atoms with Crippen molar-refractivity contribution in [3.8, 4) is 0 Å². The molecule has 3 amide bonds. The molecule has 6 nitrogen and oxygen atoms in total. The Bertz CT molecular complexity index is 615. The number of nitrogens with zero attached hydrogens (tertiary/aromatic N) is 2. The lowest BCUT2D eigenvalue weighted by Crippen LogP contribution is -2.55. The number of imide groups is 1. The molecule has 0 saturated carbocycles.